The Morgan fingerprint density at radius 1 is 1.31 bits per heavy atom. The zero-order valence-corrected chi connectivity index (χ0v) is 9.11. The van der Waals surface area contributed by atoms with E-state index in [1.54, 1.807) is 31.3 Å². The molecule has 0 aromatic heterocycles. The van der Waals surface area contributed by atoms with Gasteiger partial charge in [0.1, 0.15) is 5.75 Å². The number of hydrogen-bond acceptors (Lipinski definition) is 3. The highest BCUT2D eigenvalue weighted by molar-refractivity contribution is 8.93. The van der Waals surface area contributed by atoms with Crippen LogP contribution in [0.5, 0.6) is 5.75 Å². The second kappa shape index (κ2) is 5.96. The lowest BCUT2D eigenvalue weighted by atomic mass is 10.1. The smallest absolute Gasteiger partial charge is 0.115 e. The van der Waals surface area contributed by atoms with E-state index in [0.29, 0.717) is 6.54 Å². The molecule has 0 aliphatic heterocycles. The van der Waals surface area contributed by atoms with Gasteiger partial charge < -0.3 is 15.5 Å². The first-order valence-corrected chi connectivity index (χ1v) is 3.85. The van der Waals surface area contributed by atoms with Crippen LogP contribution in [-0.4, -0.2) is 23.8 Å². The fourth-order valence-electron chi connectivity index (χ4n) is 1.01. The molecule has 74 valence electrons. The monoisotopic (exact) mass is 247 g/mol. The zero-order valence-electron chi connectivity index (χ0n) is 7.40. The third-order valence-electron chi connectivity index (χ3n) is 1.68. The molecule has 0 radical (unpaired) electrons. The van der Waals surface area contributed by atoms with Gasteiger partial charge in [-0.15, -0.1) is 17.0 Å². The molecule has 1 aromatic rings. The maximum Gasteiger partial charge on any atom is 0.115 e. The van der Waals surface area contributed by atoms with Crippen LogP contribution < -0.4 is 5.32 Å². The van der Waals surface area contributed by atoms with Crippen LogP contribution in [0.3, 0.4) is 0 Å². The Morgan fingerprint density at radius 2 is 1.85 bits per heavy atom. The van der Waals surface area contributed by atoms with E-state index in [2.05, 4.69) is 5.32 Å². The van der Waals surface area contributed by atoms with E-state index in [-0.39, 0.29) is 22.7 Å². The third kappa shape index (κ3) is 3.76. The lowest BCUT2D eigenvalue weighted by Gasteiger charge is -2.09. The summed E-state index contributed by atoms with van der Waals surface area (Å²) in [4.78, 5) is 0. The second-order valence-corrected chi connectivity index (χ2v) is 2.67. The van der Waals surface area contributed by atoms with Crippen molar-refractivity contribution >= 4 is 17.0 Å². The van der Waals surface area contributed by atoms with Crippen molar-refractivity contribution in [3.63, 3.8) is 0 Å². The SMILES string of the molecule is Br.CNCC(O)c1ccc(O)cc1. The molecule has 1 aromatic carbocycles. The van der Waals surface area contributed by atoms with Crippen LogP contribution in [0, 0.1) is 0 Å². The Balaban J connectivity index is 0.00000144. The predicted octanol–water partition coefficient (Wildman–Crippen LogP) is 1.22. The molecule has 3 nitrogen and oxygen atoms in total. The van der Waals surface area contributed by atoms with Crippen molar-refractivity contribution < 1.29 is 10.2 Å². The molecule has 0 amide bonds. The zero-order chi connectivity index (χ0) is 8.97. The van der Waals surface area contributed by atoms with E-state index in [1.807, 2.05) is 0 Å². The number of hydrogen-bond donors (Lipinski definition) is 3. The van der Waals surface area contributed by atoms with Gasteiger partial charge in [0.2, 0.25) is 0 Å². The minimum atomic E-state index is -0.504. The number of halogens is 1. The second-order valence-electron chi connectivity index (χ2n) is 2.67. The van der Waals surface area contributed by atoms with E-state index in [0.717, 1.165) is 5.56 Å². The van der Waals surface area contributed by atoms with Crippen molar-refractivity contribution in [2.75, 3.05) is 13.6 Å². The Morgan fingerprint density at radius 3 is 2.31 bits per heavy atom. The first-order valence-electron chi connectivity index (χ1n) is 3.85. The summed E-state index contributed by atoms with van der Waals surface area (Å²) in [5.41, 5.74) is 0.808. The maximum atomic E-state index is 9.47. The summed E-state index contributed by atoms with van der Waals surface area (Å²) in [6.07, 6.45) is -0.504. The number of nitrogens with one attached hydrogen (secondary N) is 1. The van der Waals surface area contributed by atoms with E-state index >= 15 is 0 Å². The molecule has 1 atom stereocenters. The minimum Gasteiger partial charge on any atom is -0.508 e. The number of phenols is 1. The third-order valence-corrected chi connectivity index (χ3v) is 1.68. The summed E-state index contributed by atoms with van der Waals surface area (Å²) in [5.74, 6) is 0.218. The molecule has 0 saturated carbocycles. The highest BCUT2D eigenvalue weighted by Crippen LogP contribution is 2.15. The van der Waals surface area contributed by atoms with Crippen LogP contribution in [0.2, 0.25) is 0 Å². The van der Waals surface area contributed by atoms with Gasteiger partial charge in [-0.25, -0.2) is 0 Å². The van der Waals surface area contributed by atoms with E-state index < -0.39 is 6.10 Å². The Bertz CT molecular complexity index is 238. The van der Waals surface area contributed by atoms with Crippen molar-refractivity contribution in [3.05, 3.63) is 29.8 Å². The van der Waals surface area contributed by atoms with E-state index in [1.165, 1.54) is 0 Å². The fourth-order valence-corrected chi connectivity index (χ4v) is 1.01. The van der Waals surface area contributed by atoms with E-state index in [4.69, 9.17) is 5.11 Å². The molecule has 0 heterocycles. The first-order chi connectivity index (χ1) is 5.74. The molecule has 0 fully saturated rings. The normalized spacial score (nSPS) is 11.8. The molecule has 0 bridgehead atoms. The molecule has 3 N–H and O–H groups in total. The minimum absolute atomic E-state index is 0. The summed E-state index contributed by atoms with van der Waals surface area (Å²) in [6.45, 7) is 0.519. The molecule has 0 aliphatic rings. The van der Waals surface area contributed by atoms with Gasteiger partial charge in [-0.2, -0.15) is 0 Å². The molecule has 0 aliphatic carbocycles. The fraction of sp³-hybridized carbons (Fsp3) is 0.333. The van der Waals surface area contributed by atoms with Crippen molar-refractivity contribution in [3.8, 4) is 5.75 Å². The number of aliphatic hydroxyl groups is 1. The summed E-state index contributed by atoms with van der Waals surface area (Å²) < 4.78 is 0. The van der Waals surface area contributed by atoms with Crippen molar-refractivity contribution in [2.45, 2.75) is 6.10 Å². The molecular formula is C9H14BrNO2. The summed E-state index contributed by atoms with van der Waals surface area (Å²) in [5, 5.41) is 21.3. The van der Waals surface area contributed by atoms with Crippen LogP contribution in [0.4, 0.5) is 0 Å². The maximum absolute atomic E-state index is 9.47. The van der Waals surface area contributed by atoms with Crippen molar-refractivity contribution in [1.82, 2.24) is 5.32 Å². The van der Waals surface area contributed by atoms with Crippen molar-refractivity contribution in [1.29, 1.82) is 0 Å². The lowest BCUT2D eigenvalue weighted by molar-refractivity contribution is 0.177. The Hall–Kier alpha value is -0.580. The molecule has 13 heavy (non-hydrogen) atoms. The van der Waals surface area contributed by atoms with Crippen LogP contribution >= 0.6 is 17.0 Å². The van der Waals surface area contributed by atoms with Gasteiger partial charge in [0.15, 0.2) is 0 Å². The Kier molecular flexibility index (Phi) is 5.70. The number of aromatic hydroxyl groups is 1. The summed E-state index contributed by atoms with van der Waals surface area (Å²) in [6, 6.07) is 6.54. The topological polar surface area (TPSA) is 52.5 Å². The highest BCUT2D eigenvalue weighted by Gasteiger charge is 2.04. The average molecular weight is 248 g/mol. The van der Waals surface area contributed by atoms with Gasteiger partial charge in [0.05, 0.1) is 6.10 Å². The van der Waals surface area contributed by atoms with Crippen molar-refractivity contribution in [2.24, 2.45) is 0 Å². The first kappa shape index (κ1) is 12.4. The summed E-state index contributed by atoms with van der Waals surface area (Å²) >= 11 is 0. The van der Waals surface area contributed by atoms with E-state index in [9.17, 15) is 5.11 Å². The number of aliphatic hydroxyl groups excluding tert-OH is 1. The molecule has 1 unspecified atom stereocenters. The number of phenolic OH excluding ortho intramolecular Hbond substituents is 1. The van der Waals surface area contributed by atoms with Gasteiger partial charge in [-0.1, -0.05) is 12.1 Å². The lowest BCUT2D eigenvalue weighted by Crippen LogP contribution is -2.16. The van der Waals surface area contributed by atoms with Crippen LogP contribution in [0.15, 0.2) is 24.3 Å². The average Bonchev–Trinajstić information content (AvgIpc) is 2.06. The summed E-state index contributed by atoms with van der Waals surface area (Å²) in [7, 11) is 1.78. The molecule has 0 spiro atoms. The molecule has 1 rings (SSSR count). The van der Waals surface area contributed by atoms with Gasteiger partial charge in [-0.3, -0.25) is 0 Å². The number of rotatable bonds is 3. The molecule has 0 saturated heterocycles. The standard InChI is InChI=1S/C9H13NO2.BrH/c1-10-6-9(12)7-2-4-8(11)5-3-7;/h2-5,9-12H,6H2,1H3;1H. The number of likely N-dealkylation sites (N-methyl/N-ethyl adjacent to an activating group) is 1. The van der Waals surface area contributed by atoms with Crippen LogP contribution in [-0.2, 0) is 0 Å². The van der Waals surface area contributed by atoms with Gasteiger partial charge >= 0.3 is 0 Å². The molecule has 4 heteroatoms. The van der Waals surface area contributed by atoms with Gasteiger partial charge in [0.25, 0.3) is 0 Å². The largest absolute Gasteiger partial charge is 0.508 e. The highest BCUT2D eigenvalue weighted by atomic mass is 79.9. The van der Waals surface area contributed by atoms with Gasteiger partial charge in [-0.05, 0) is 24.7 Å². The van der Waals surface area contributed by atoms with Crippen LogP contribution in [0.25, 0.3) is 0 Å². The van der Waals surface area contributed by atoms with Crippen LogP contribution in [0.1, 0.15) is 11.7 Å². The van der Waals surface area contributed by atoms with Gasteiger partial charge in [0, 0.05) is 6.54 Å². The predicted molar refractivity (Wildman–Crippen MR) is 57.3 cm³/mol. The quantitative estimate of drug-likeness (QED) is 0.753. The Labute approximate surface area is 88.2 Å². The number of benzene rings is 1. The molecular weight excluding hydrogens is 234 g/mol.